The van der Waals surface area contributed by atoms with Crippen molar-refractivity contribution in [2.24, 2.45) is 7.05 Å². The van der Waals surface area contributed by atoms with Gasteiger partial charge in [0, 0.05) is 16.3 Å². The fourth-order valence-corrected chi connectivity index (χ4v) is 7.20. The van der Waals surface area contributed by atoms with Crippen molar-refractivity contribution < 1.29 is 8.98 Å². The van der Waals surface area contributed by atoms with Gasteiger partial charge >= 0.3 is 0 Å². The molecule has 0 fully saturated rings. The molecule has 3 heteroatoms. The van der Waals surface area contributed by atoms with Crippen LogP contribution < -0.4 is 4.57 Å². The van der Waals surface area contributed by atoms with E-state index in [4.69, 9.17) is 4.42 Å². The predicted octanol–water partition coefficient (Wildman–Crippen LogP) is 11.1. The molecule has 1 aliphatic carbocycles. The molecule has 1 aliphatic rings. The molecule has 2 aromatic heterocycles. The van der Waals surface area contributed by atoms with Crippen molar-refractivity contribution in [1.82, 2.24) is 4.57 Å². The Labute approximate surface area is 276 Å². The third-order valence-electron chi connectivity index (χ3n) is 9.62. The van der Waals surface area contributed by atoms with Gasteiger partial charge in [-0.15, -0.1) is 0 Å². The van der Waals surface area contributed by atoms with Crippen LogP contribution >= 0.6 is 0 Å². The van der Waals surface area contributed by atoms with Crippen LogP contribution in [-0.2, 0) is 12.5 Å². The average molecular weight is 612 g/mol. The van der Waals surface area contributed by atoms with Crippen molar-refractivity contribution in [1.29, 1.82) is 0 Å². The van der Waals surface area contributed by atoms with Crippen molar-refractivity contribution in [2.75, 3.05) is 0 Å². The lowest BCUT2D eigenvalue weighted by Crippen LogP contribution is -2.30. The second-order valence-corrected chi connectivity index (χ2v) is 13.7. The van der Waals surface area contributed by atoms with E-state index in [0.717, 1.165) is 39.7 Å². The van der Waals surface area contributed by atoms with Crippen LogP contribution in [0.15, 0.2) is 138 Å². The zero-order valence-electron chi connectivity index (χ0n) is 27.7. The van der Waals surface area contributed by atoms with Gasteiger partial charge in [-0.3, -0.25) is 0 Å². The molecule has 0 N–H and O–H groups in total. The molecule has 0 bridgehead atoms. The quantitative estimate of drug-likeness (QED) is 0.182. The van der Waals surface area contributed by atoms with Gasteiger partial charge in [-0.05, 0) is 76.9 Å². The Morgan fingerprint density at radius 3 is 2.34 bits per heavy atom. The van der Waals surface area contributed by atoms with Gasteiger partial charge in [0.15, 0.2) is 16.6 Å². The molecule has 0 atom stereocenters. The molecule has 7 aromatic rings. The van der Waals surface area contributed by atoms with Crippen LogP contribution in [0, 0.1) is 6.92 Å². The number of aromatic nitrogens is 2. The van der Waals surface area contributed by atoms with Gasteiger partial charge in [-0.1, -0.05) is 124 Å². The summed E-state index contributed by atoms with van der Waals surface area (Å²) < 4.78 is 11.5. The van der Waals surface area contributed by atoms with Gasteiger partial charge in [0.25, 0.3) is 5.82 Å². The van der Waals surface area contributed by atoms with E-state index >= 15 is 0 Å². The van der Waals surface area contributed by atoms with Crippen molar-refractivity contribution in [3.8, 4) is 17.1 Å². The number of para-hydroxylation sites is 3. The highest BCUT2D eigenvalue weighted by molar-refractivity contribution is 6.09. The lowest BCUT2D eigenvalue weighted by Gasteiger charge is -2.23. The Bertz CT molecular complexity index is 2420. The number of allylic oxidation sites excluding steroid dienone is 6. The normalized spacial score (nSPS) is 13.7. The second-order valence-electron chi connectivity index (χ2n) is 13.7. The number of hydrogen-bond acceptors (Lipinski definition) is 1. The van der Waals surface area contributed by atoms with Crippen molar-refractivity contribution in [3.05, 3.63) is 156 Å². The van der Waals surface area contributed by atoms with E-state index in [2.05, 4.69) is 171 Å². The summed E-state index contributed by atoms with van der Waals surface area (Å²) in [4.78, 5) is 0. The number of fused-ring (bicyclic) bond motifs is 4. The van der Waals surface area contributed by atoms with E-state index in [1.54, 1.807) is 0 Å². The lowest BCUT2D eigenvalue weighted by molar-refractivity contribution is -0.633. The number of hydrogen-bond donors (Lipinski definition) is 0. The summed E-state index contributed by atoms with van der Waals surface area (Å²) in [6.07, 6.45) is 10.0. The molecule has 0 amide bonds. The minimum Gasteiger partial charge on any atom is -0.455 e. The maximum Gasteiger partial charge on any atom is 0.298 e. The maximum atomic E-state index is 6.66. The molecule has 230 valence electrons. The molecule has 8 rings (SSSR count). The average Bonchev–Trinajstić information content (AvgIpc) is 3.47. The first-order chi connectivity index (χ1) is 22.8. The number of benzene rings is 5. The van der Waals surface area contributed by atoms with E-state index < -0.39 is 0 Å². The predicted molar refractivity (Wildman–Crippen MR) is 197 cm³/mol. The highest BCUT2D eigenvalue weighted by atomic mass is 16.3. The van der Waals surface area contributed by atoms with Gasteiger partial charge in [0.05, 0.1) is 7.05 Å². The fraction of sp³-hybridized carbons (Fsp3) is 0.159. The van der Waals surface area contributed by atoms with E-state index in [0.29, 0.717) is 0 Å². The summed E-state index contributed by atoms with van der Waals surface area (Å²) in [7, 11) is 2.18. The van der Waals surface area contributed by atoms with Gasteiger partial charge in [0.1, 0.15) is 16.8 Å². The summed E-state index contributed by atoms with van der Waals surface area (Å²) in [6, 6.07) is 39.2. The molecule has 47 heavy (non-hydrogen) atoms. The maximum absolute atomic E-state index is 6.66. The number of nitrogens with zero attached hydrogens (tertiary/aromatic N) is 2. The van der Waals surface area contributed by atoms with Crippen LogP contribution in [0.5, 0.6) is 0 Å². The Morgan fingerprint density at radius 1 is 0.745 bits per heavy atom. The molecular weight excluding hydrogens is 572 g/mol. The van der Waals surface area contributed by atoms with Crippen LogP contribution in [0.25, 0.3) is 61.2 Å². The lowest BCUT2D eigenvalue weighted by atomic mass is 9.83. The molecule has 3 nitrogen and oxygen atoms in total. The third-order valence-corrected chi connectivity index (χ3v) is 9.62. The Hall–Kier alpha value is -5.41. The Morgan fingerprint density at radius 2 is 1.51 bits per heavy atom. The molecular formula is C44H39N2O+. The molecule has 0 radical (unpaired) electrons. The van der Waals surface area contributed by atoms with Gasteiger partial charge < -0.3 is 4.42 Å². The molecule has 2 heterocycles. The van der Waals surface area contributed by atoms with Gasteiger partial charge in [-0.2, -0.15) is 4.57 Å². The van der Waals surface area contributed by atoms with E-state index in [1.165, 1.54) is 50.1 Å². The number of rotatable bonds is 4. The van der Waals surface area contributed by atoms with Crippen LogP contribution in [0.1, 0.15) is 49.4 Å². The molecule has 5 aromatic carbocycles. The largest absolute Gasteiger partial charge is 0.455 e. The first-order valence-electron chi connectivity index (χ1n) is 16.5. The van der Waals surface area contributed by atoms with Gasteiger partial charge in [0.2, 0.25) is 0 Å². The summed E-state index contributed by atoms with van der Waals surface area (Å²) in [5, 5.41) is 2.28. The number of furan rings is 1. The fourth-order valence-electron chi connectivity index (χ4n) is 7.20. The highest BCUT2D eigenvalue weighted by Crippen LogP contribution is 2.41. The minimum atomic E-state index is -0.118. The molecule has 0 spiro atoms. The molecule has 0 unspecified atom stereocenters. The van der Waals surface area contributed by atoms with Crippen LogP contribution in [0.4, 0.5) is 0 Å². The summed E-state index contributed by atoms with van der Waals surface area (Å²) in [5.41, 5.74) is 13.9. The number of aryl methyl sites for hydroxylation is 2. The number of imidazole rings is 1. The van der Waals surface area contributed by atoms with Crippen LogP contribution in [0.2, 0.25) is 0 Å². The highest BCUT2D eigenvalue weighted by Gasteiger charge is 2.33. The molecule has 0 aliphatic heterocycles. The molecule has 0 saturated carbocycles. The van der Waals surface area contributed by atoms with Gasteiger partial charge in [-0.25, -0.2) is 4.57 Å². The zero-order chi connectivity index (χ0) is 32.3. The Kier molecular flexibility index (Phi) is 6.88. The van der Waals surface area contributed by atoms with E-state index in [9.17, 15) is 0 Å². The first kappa shape index (κ1) is 29.0. The van der Waals surface area contributed by atoms with Crippen molar-refractivity contribution >= 4 is 44.1 Å². The minimum absolute atomic E-state index is 0.118. The Balaban J connectivity index is 1.37. The monoisotopic (exact) mass is 611 g/mol. The topological polar surface area (TPSA) is 21.9 Å². The second kappa shape index (κ2) is 11.1. The summed E-state index contributed by atoms with van der Waals surface area (Å²) in [6.45, 7) is 9.14. The first-order valence-corrected chi connectivity index (χ1v) is 16.5. The third kappa shape index (κ3) is 4.85. The van der Waals surface area contributed by atoms with Crippen LogP contribution in [0.3, 0.4) is 0 Å². The zero-order valence-corrected chi connectivity index (χ0v) is 27.7. The smallest absolute Gasteiger partial charge is 0.298 e. The molecule has 0 saturated heterocycles. The van der Waals surface area contributed by atoms with E-state index in [-0.39, 0.29) is 5.41 Å². The summed E-state index contributed by atoms with van der Waals surface area (Å²) >= 11 is 0. The van der Waals surface area contributed by atoms with Crippen LogP contribution in [-0.4, -0.2) is 4.57 Å². The SMILES string of the molecule is Cc1ccc2c(oc3ccccc32)c1-c1n(-c2ccc(C3=CC=C(c4ccccc4)CC=C3)cc2C(C)(C)C)c2ccccc2[n+]1C. The van der Waals surface area contributed by atoms with Crippen molar-refractivity contribution in [3.63, 3.8) is 0 Å². The summed E-state index contributed by atoms with van der Waals surface area (Å²) in [5.74, 6) is 1.11. The van der Waals surface area contributed by atoms with Crippen molar-refractivity contribution in [2.45, 2.75) is 39.5 Å². The van der Waals surface area contributed by atoms with E-state index in [1.807, 2.05) is 6.07 Å². The standard InChI is InChI=1S/C44H39N2O/c1-29-22-26-35-34-18-9-12-21-40(34)47-42(35)41(29)43-45(5)38-19-10-11-20-39(38)46(43)37-27-25-33(28-36(37)44(2,3)4)32-17-13-16-31(23-24-32)30-14-7-6-8-15-30/h6-15,17-28H,16H2,1-5H3/q+1.